The Hall–Kier alpha value is -3.11. The van der Waals surface area contributed by atoms with Gasteiger partial charge in [-0.25, -0.2) is 14.1 Å². The molecule has 6 nitrogen and oxygen atoms in total. The van der Waals surface area contributed by atoms with Crippen molar-refractivity contribution < 1.29 is 4.39 Å². The molecule has 8 heteroatoms. The maximum Gasteiger partial charge on any atom is 0.147 e. The minimum Gasteiger partial charge on any atom is -0.351 e. The van der Waals surface area contributed by atoms with Gasteiger partial charge in [-0.1, -0.05) is 24.6 Å². The molecule has 0 saturated carbocycles. The molecule has 0 atom stereocenters. The number of hydrogen-bond acceptors (Lipinski definition) is 5. The maximum atomic E-state index is 14.1. The van der Waals surface area contributed by atoms with Gasteiger partial charge < -0.3 is 10.6 Å². The minimum atomic E-state index is -0.534. The molecule has 138 valence electrons. The van der Waals surface area contributed by atoms with Crippen molar-refractivity contribution in [3.63, 3.8) is 0 Å². The lowest BCUT2D eigenvalue weighted by Gasteiger charge is -2.13. The summed E-state index contributed by atoms with van der Waals surface area (Å²) < 4.78 is 16.0. The fourth-order valence-corrected chi connectivity index (χ4v) is 2.79. The van der Waals surface area contributed by atoms with Crippen LogP contribution in [0.5, 0.6) is 0 Å². The molecule has 0 bridgehead atoms. The van der Waals surface area contributed by atoms with Gasteiger partial charge in [0.1, 0.15) is 23.5 Å². The Morgan fingerprint density at radius 2 is 2.11 bits per heavy atom. The molecule has 0 aliphatic rings. The van der Waals surface area contributed by atoms with Gasteiger partial charge in [0.25, 0.3) is 0 Å². The second-order valence-corrected chi connectivity index (χ2v) is 6.37. The number of aryl methyl sites for hydroxylation is 2. The van der Waals surface area contributed by atoms with Gasteiger partial charge in [-0.3, -0.25) is 0 Å². The van der Waals surface area contributed by atoms with Crippen LogP contribution in [-0.2, 0) is 6.54 Å². The molecule has 0 fully saturated rings. The van der Waals surface area contributed by atoms with E-state index in [4.69, 9.17) is 11.6 Å². The SMILES string of the molecule is CCCn1nc(C)cc1Nc1cc(Nc2c(F)cccc2C#N)c(Cl)cn1. The monoisotopic (exact) mass is 384 g/mol. The van der Waals surface area contributed by atoms with Gasteiger partial charge in [0.15, 0.2) is 0 Å². The van der Waals surface area contributed by atoms with Gasteiger partial charge in [-0.05, 0) is 25.5 Å². The standard InChI is InChI=1S/C19H18ClFN6/c1-3-7-27-18(8-12(2)26-27)25-17-9-16(14(20)11-23-17)24-19-13(10-22)5-4-6-15(19)21/h4-6,8-9,11H,3,7H2,1-2H3,(H2,23,24,25). The molecule has 0 spiro atoms. The first-order valence-electron chi connectivity index (χ1n) is 8.44. The van der Waals surface area contributed by atoms with Crippen molar-refractivity contribution in [1.82, 2.24) is 14.8 Å². The van der Waals surface area contributed by atoms with Crippen LogP contribution in [0.25, 0.3) is 0 Å². The molecule has 3 aromatic rings. The number of hydrogen-bond donors (Lipinski definition) is 2. The minimum absolute atomic E-state index is 0.0749. The van der Waals surface area contributed by atoms with Crippen LogP contribution >= 0.6 is 11.6 Å². The first-order valence-corrected chi connectivity index (χ1v) is 8.82. The molecule has 0 radical (unpaired) electrons. The smallest absolute Gasteiger partial charge is 0.147 e. The van der Waals surface area contributed by atoms with Crippen LogP contribution in [-0.4, -0.2) is 14.8 Å². The van der Waals surface area contributed by atoms with Crippen molar-refractivity contribution in [2.75, 3.05) is 10.6 Å². The molecular weight excluding hydrogens is 367 g/mol. The van der Waals surface area contributed by atoms with E-state index in [1.807, 2.05) is 23.7 Å². The van der Waals surface area contributed by atoms with E-state index in [2.05, 4.69) is 27.6 Å². The quantitative estimate of drug-likeness (QED) is 0.614. The zero-order valence-corrected chi connectivity index (χ0v) is 15.7. The number of para-hydroxylation sites is 1. The summed E-state index contributed by atoms with van der Waals surface area (Å²) in [6.45, 7) is 4.77. The average molecular weight is 385 g/mol. The first-order chi connectivity index (χ1) is 13.0. The second kappa shape index (κ2) is 8.06. The lowest BCUT2D eigenvalue weighted by molar-refractivity contribution is 0.605. The Bertz CT molecular complexity index is 1010. The third-order valence-corrected chi connectivity index (χ3v) is 4.14. The zero-order valence-electron chi connectivity index (χ0n) is 14.9. The topological polar surface area (TPSA) is 78.6 Å². The Morgan fingerprint density at radius 1 is 1.30 bits per heavy atom. The van der Waals surface area contributed by atoms with E-state index in [9.17, 15) is 9.65 Å². The number of halogens is 2. The van der Waals surface area contributed by atoms with Crippen molar-refractivity contribution in [2.24, 2.45) is 0 Å². The number of benzene rings is 1. The van der Waals surface area contributed by atoms with E-state index in [1.54, 1.807) is 6.07 Å². The maximum absolute atomic E-state index is 14.1. The van der Waals surface area contributed by atoms with E-state index < -0.39 is 5.82 Å². The highest BCUT2D eigenvalue weighted by Crippen LogP contribution is 2.31. The van der Waals surface area contributed by atoms with Gasteiger partial charge in [-0.2, -0.15) is 10.4 Å². The normalized spacial score (nSPS) is 10.5. The summed E-state index contributed by atoms with van der Waals surface area (Å²) in [5.41, 5.74) is 1.59. The van der Waals surface area contributed by atoms with Crippen molar-refractivity contribution in [3.05, 3.63) is 58.6 Å². The fraction of sp³-hybridized carbons (Fsp3) is 0.211. The largest absolute Gasteiger partial charge is 0.351 e. The molecule has 1 aromatic carbocycles. The van der Waals surface area contributed by atoms with E-state index in [1.165, 1.54) is 24.4 Å². The first kappa shape index (κ1) is 18.7. The molecule has 2 aromatic heterocycles. The third kappa shape index (κ3) is 4.18. The number of nitrogens with one attached hydrogen (secondary N) is 2. The van der Waals surface area contributed by atoms with Gasteiger partial charge in [0.05, 0.1) is 33.9 Å². The van der Waals surface area contributed by atoms with Gasteiger partial charge in [-0.15, -0.1) is 0 Å². The summed E-state index contributed by atoms with van der Waals surface area (Å²) in [6, 6.07) is 9.85. The molecule has 0 unspecified atom stereocenters. The van der Waals surface area contributed by atoms with Crippen molar-refractivity contribution in [1.29, 1.82) is 5.26 Å². The van der Waals surface area contributed by atoms with E-state index in [0.29, 0.717) is 16.5 Å². The predicted molar refractivity (Wildman–Crippen MR) is 104 cm³/mol. The van der Waals surface area contributed by atoms with Gasteiger partial charge >= 0.3 is 0 Å². The second-order valence-electron chi connectivity index (χ2n) is 5.97. The van der Waals surface area contributed by atoms with Crippen molar-refractivity contribution in [3.8, 4) is 6.07 Å². The highest BCUT2D eigenvalue weighted by Gasteiger charge is 2.12. The molecule has 0 saturated heterocycles. The van der Waals surface area contributed by atoms with Crippen LogP contribution in [0.1, 0.15) is 24.6 Å². The number of pyridine rings is 1. The molecule has 2 heterocycles. The summed E-state index contributed by atoms with van der Waals surface area (Å²) in [5.74, 6) is 0.792. The summed E-state index contributed by atoms with van der Waals surface area (Å²) in [7, 11) is 0. The fourth-order valence-electron chi connectivity index (χ4n) is 2.64. The molecular formula is C19H18ClFN6. The highest BCUT2D eigenvalue weighted by atomic mass is 35.5. The van der Waals surface area contributed by atoms with E-state index in [0.717, 1.165) is 24.5 Å². The van der Waals surface area contributed by atoms with Crippen LogP contribution in [0, 0.1) is 24.1 Å². The van der Waals surface area contributed by atoms with Crippen LogP contribution in [0.15, 0.2) is 36.5 Å². The number of anilines is 4. The average Bonchev–Trinajstić information content (AvgIpc) is 2.98. The lowest BCUT2D eigenvalue weighted by atomic mass is 10.2. The number of rotatable bonds is 6. The molecule has 27 heavy (non-hydrogen) atoms. The van der Waals surface area contributed by atoms with Gasteiger partial charge in [0.2, 0.25) is 0 Å². The number of nitrogens with zero attached hydrogens (tertiary/aromatic N) is 4. The Morgan fingerprint density at radius 3 is 2.85 bits per heavy atom. The lowest BCUT2D eigenvalue weighted by Crippen LogP contribution is -2.06. The Labute approximate surface area is 161 Å². The van der Waals surface area contributed by atoms with Crippen molar-refractivity contribution >= 4 is 34.6 Å². The van der Waals surface area contributed by atoms with Crippen LogP contribution in [0.4, 0.5) is 27.4 Å². The van der Waals surface area contributed by atoms with Crippen LogP contribution in [0.2, 0.25) is 5.02 Å². The molecule has 0 aliphatic heterocycles. The molecule has 2 N–H and O–H groups in total. The van der Waals surface area contributed by atoms with Crippen LogP contribution < -0.4 is 10.6 Å². The summed E-state index contributed by atoms with van der Waals surface area (Å²) in [6.07, 6.45) is 2.41. The van der Waals surface area contributed by atoms with E-state index in [-0.39, 0.29) is 11.3 Å². The van der Waals surface area contributed by atoms with Crippen molar-refractivity contribution in [2.45, 2.75) is 26.8 Å². The zero-order chi connectivity index (χ0) is 19.4. The predicted octanol–water partition coefficient (Wildman–Crippen LogP) is 5.15. The summed E-state index contributed by atoms with van der Waals surface area (Å²) in [4.78, 5) is 4.27. The number of aromatic nitrogens is 3. The van der Waals surface area contributed by atoms with Crippen LogP contribution in [0.3, 0.4) is 0 Å². The summed E-state index contributed by atoms with van der Waals surface area (Å²) in [5, 5.41) is 20.1. The summed E-state index contributed by atoms with van der Waals surface area (Å²) >= 11 is 6.21. The Balaban J connectivity index is 1.91. The number of nitriles is 1. The highest BCUT2D eigenvalue weighted by molar-refractivity contribution is 6.33. The third-order valence-electron chi connectivity index (χ3n) is 3.84. The Kier molecular flexibility index (Phi) is 5.57. The van der Waals surface area contributed by atoms with E-state index >= 15 is 0 Å². The van der Waals surface area contributed by atoms with Gasteiger partial charge in [0, 0.05) is 18.7 Å². The molecule has 0 amide bonds. The molecule has 0 aliphatic carbocycles. The molecule has 3 rings (SSSR count).